The van der Waals surface area contributed by atoms with Crippen molar-refractivity contribution in [3.05, 3.63) is 83.2 Å². The SMILES string of the molecule is CC(C)(C)P(CC1C=CC=C1P(c1ccc(C(F)(F)F)cc1)c1ccc(C(F)(F)F)cc1)C(C)(C)C. The van der Waals surface area contributed by atoms with Gasteiger partial charge in [-0.05, 0) is 64.6 Å². The third kappa shape index (κ3) is 6.81. The summed E-state index contributed by atoms with van der Waals surface area (Å²) in [4.78, 5) is 0. The lowest BCUT2D eigenvalue weighted by atomic mass is 10.2. The van der Waals surface area contributed by atoms with Crippen molar-refractivity contribution in [3.63, 3.8) is 0 Å². The summed E-state index contributed by atoms with van der Waals surface area (Å²) >= 11 is 0. The lowest BCUT2D eigenvalue weighted by Crippen LogP contribution is -2.29. The largest absolute Gasteiger partial charge is 0.416 e. The third-order valence-electron chi connectivity index (χ3n) is 6.15. The van der Waals surface area contributed by atoms with Gasteiger partial charge in [0.05, 0.1) is 11.1 Å². The summed E-state index contributed by atoms with van der Waals surface area (Å²) in [6.45, 7) is 13.4. The first-order chi connectivity index (χ1) is 16.4. The van der Waals surface area contributed by atoms with E-state index in [0.29, 0.717) is 10.6 Å². The van der Waals surface area contributed by atoms with Crippen molar-refractivity contribution in [1.29, 1.82) is 0 Å². The zero-order chi connectivity index (χ0) is 27.1. The van der Waals surface area contributed by atoms with E-state index < -0.39 is 39.3 Å². The maximum atomic E-state index is 13.2. The van der Waals surface area contributed by atoms with E-state index >= 15 is 0 Å². The summed E-state index contributed by atoms with van der Waals surface area (Å²) in [5.74, 6) is 0.0743. The molecule has 8 heteroatoms. The zero-order valence-electron chi connectivity index (χ0n) is 21.3. The van der Waals surface area contributed by atoms with Crippen LogP contribution in [0.2, 0.25) is 0 Å². The van der Waals surface area contributed by atoms with Gasteiger partial charge in [0.1, 0.15) is 0 Å². The molecule has 3 rings (SSSR count). The third-order valence-corrected chi connectivity index (χ3v) is 12.8. The number of hydrogen-bond donors (Lipinski definition) is 0. The van der Waals surface area contributed by atoms with Crippen LogP contribution in [0.5, 0.6) is 0 Å². The van der Waals surface area contributed by atoms with Crippen molar-refractivity contribution < 1.29 is 26.3 Å². The van der Waals surface area contributed by atoms with Gasteiger partial charge in [-0.2, -0.15) is 26.3 Å². The first kappa shape index (κ1) is 28.9. The fourth-order valence-corrected chi connectivity index (χ4v) is 11.2. The molecule has 196 valence electrons. The summed E-state index contributed by atoms with van der Waals surface area (Å²) in [5.41, 5.74) is -1.49. The van der Waals surface area contributed by atoms with Crippen LogP contribution in [0.4, 0.5) is 26.3 Å². The van der Waals surface area contributed by atoms with E-state index in [4.69, 9.17) is 0 Å². The quantitative estimate of drug-likeness (QED) is 0.260. The van der Waals surface area contributed by atoms with Crippen LogP contribution in [0.25, 0.3) is 0 Å². The van der Waals surface area contributed by atoms with Crippen molar-refractivity contribution in [2.45, 2.75) is 64.2 Å². The topological polar surface area (TPSA) is 0 Å². The Hall–Kier alpha value is -1.64. The molecule has 0 amide bonds. The monoisotopic (exact) mass is 544 g/mol. The Morgan fingerprint density at radius 2 is 1.03 bits per heavy atom. The standard InChI is InChI=1S/C28H32F6P2/c1-25(2,3)35(26(4,5)6)18-19-8-7-9-24(19)36(22-14-10-20(11-15-22)27(29,30)31)23-16-12-21(13-17-23)28(32,33)34/h7-17,19H,18H2,1-6H3. The van der Waals surface area contributed by atoms with Crippen LogP contribution in [0.1, 0.15) is 52.7 Å². The molecule has 0 saturated carbocycles. The van der Waals surface area contributed by atoms with E-state index in [2.05, 4.69) is 47.6 Å². The molecule has 0 bridgehead atoms. The maximum Gasteiger partial charge on any atom is 0.416 e. The van der Waals surface area contributed by atoms with E-state index in [1.54, 1.807) is 0 Å². The Morgan fingerprint density at radius 1 is 0.639 bits per heavy atom. The molecule has 0 N–H and O–H groups in total. The lowest BCUT2D eigenvalue weighted by Gasteiger charge is -2.43. The van der Waals surface area contributed by atoms with Crippen LogP contribution in [-0.4, -0.2) is 16.5 Å². The molecular formula is C28H32F6P2. The van der Waals surface area contributed by atoms with E-state index in [9.17, 15) is 26.3 Å². The van der Waals surface area contributed by atoms with E-state index in [-0.39, 0.29) is 16.2 Å². The number of benzene rings is 2. The maximum absolute atomic E-state index is 13.2. The molecule has 0 aliphatic heterocycles. The summed E-state index contributed by atoms with van der Waals surface area (Å²) in [6.07, 6.45) is -1.90. The molecular weight excluding hydrogens is 512 g/mol. The van der Waals surface area contributed by atoms with Crippen LogP contribution >= 0.6 is 15.8 Å². The fraction of sp³-hybridized carbons (Fsp3) is 0.429. The first-order valence-electron chi connectivity index (χ1n) is 11.7. The van der Waals surface area contributed by atoms with Gasteiger partial charge in [0.2, 0.25) is 0 Å². The van der Waals surface area contributed by atoms with Gasteiger partial charge < -0.3 is 0 Å². The van der Waals surface area contributed by atoms with Crippen molar-refractivity contribution in [3.8, 4) is 0 Å². The van der Waals surface area contributed by atoms with Gasteiger partial charge in [-0.25, -0.2) is 0 Å². The molecule has 0 fully saturated rings. The molecule has 0 aromatic heterocycles. The summed E-state index contributed by atoms with van der Waals surface area (Å²) < 4.78 is 79.3. The second kappa shape index (κ2) is 10.3. The number of rotatable bonds is 5. The van der Waals surface area contributed by atoms with Gasteiger partial charge in [-0.3, -0.25) is 0 Å². The highest BCUT2D eigenvalue weighted by Gasteiger charge is 2.38. The second-order valence-electron chi connectivity index (χ2n) is 11.0. The summed E-state index contributed by atoms with van der Waals surface area (Å²) in [5, 5.41) is 2.61. The highest BCUT2D eigenvalue weighted by atomic mass is 31.1. The molecule has 0 spiro atoms. The minimum absolute atomic E-state index is 0.0743. The van der Waals surface area contributed by atoms with Gasteiger partial charge in [0.25, 0.3) is 0 Å². The average molecular weight is 544 g/mol. The lowest BCUT2D eigenvalue weighted by molar-refractivity contribution is -0.138. The van der Waals surface area contributed by atoms with Gasteiger partial charge >= 0.3 is 12.4 Å². The van der Waals surface area contributed by atoms with E-state index in [0.717, 1.165) is 35.7 Å². The van der Waals surface area contributed by atoms with Crippen molar-refractivity contribution >= 4 is 26.5 Å². The van der Waals surface area contributed by atoms with Crippen molar-refractivity contribution in [2.75, 3.05) is 6.16 Å². The Balaban J connectivity index is 2.06. The van der Waals surface area contributed by atoms with Crippen molar-refractivity contribution in [1.82, 2.24) is 0 Å². The predicted octanol–water partition coefficient (Wildman–Crippen LogP) is 9.31. The minimum atomic E-state index is -4.46. The van der Waals surface area contributed by atoms with Crippen LogP contribution in [0.3, 0.4) is 0 Å². The minimum Gasteiger partial charge on any atom is -0.166 e. The van der Waals surface area contributed by atoms with Crippen molar-refractivity contribution in [2.24, 2.45) is 5.92 Å². The van der Waals surface area contributed by atoms with Crippen LogP contribution in [0, 0.1) is 5.92 Å². The predicted molar refractivity (Wildman–Crippen MR) is 141 cm³/mol. The molecule has 0 radical (unpaired) electrons. The molecule has 0 heterocycles. The summed E-state index contributed by atoms with van der Waals surface area (Å²) in [6, 6.07) is 10.1. The zero-order valence-corrected chi connectivity index (χ0v) is 23.1. The second-order valence-corrected chi connectivity index (χ2v) is 17.1. The van der Waals surface area contributed by atoms with Gasteiger partial charge in [0.15, 0.2) is 0 Å². The van der Waals surface area contributed by atoms with Gasteiger partial charge in [-0.15, -0.1) is 0 Å². The van der Waals surface area contributed by atoms with Gasteiger partial charge in [-0.1, -0.05) is 92.0 Å². The average Bonchev–Trinajstić information content (AvgIpc) is 3.18. The molecule has 0 saturated heterocycles. The summed E-state index contributed by atoms with van der Waals surface area (Å²) in [7, 11) is -1.78. The van der Waals surface area contributed by atoms with Gasteiger partial charge in [0, 0.05) is 5.92 Å². The molecule has 2 aromatic rings. The Morgan fingerprint density at radius 3 is 1.36 bits per heavy atom. The normalized spacial score (nSPS) is 17.3. The molecule has 1 aliphatic carbocycles. The highest BCUT2D eigenvalue weighted by molar-refractivity contribution is 7.76. The molecule has 1 unspecified atom stereocenters. The fourth-order valence-electron chi connectivity index (χ4n) is 4.70. The molecule has 1 atom stereocenters. The molecule has 0 nitrogen and oxygen atoms in total. The van der Waals surface area contributed by atoms with Crippen LogP contribution < -0.4 is 10.6 Å². The van der Waals surface area contributed by atoms with Crippen LogP contribution in [0.15, 0.2) is 72.1 Å². The molecule has 1 aliphatic rings. The number of allylic oxidation sites excluding steroid dienone is 4. The Bertz CT molecular complexity index is 1020. The number of halogens is 6. The van der Waals surface area contributed by atoms with E-state index in [1.165, 1.54) is 24.3 Å². The highest BCUT2D eigenvalue weighted by Crippen LogP contribution is 2.62. The first-order valence-corrected chi connectivity index (χ1v) is 14.6. The Kier molecular flexibility index (Phi) is 8.24. The molecule has 36 heavy (non-hydrogen) atoms. The Labute approximate surface area is 212 Å². The van der Waals surface area contributed by atoms with E-state index in [1.807, 2.05) is 12.2 Å². The number of alkyl halides is 6. The molecule has 2 aromatic carbocycles. The smallest absolute Gasteiger partial charge is 0.166 e. The van der Waals surface area contributed by atoms with Crippen LogP contribution in [-0.2, 0) is 12.4 Å². The number of hydrogen-bond acceptors (Lipinski definition) is 0.